The molecular formula is C27H29N3O4S. The summed E-state index contributed by atoms with van der Waals surface area (Å²) in [5.41, 5.74) is 3.74. The first-order valence-corrected chi connectivity index (χ1v) is 12.4. The summed E-state index contributed by atoms with van der Waals surface area (Å²) in [6, 6.07) is 17.3. The van der Waals surface area contributed by atoms with Crippen LogP contribution in [0.1, 0.15) is 37.8 Å². The number of rotatable bonds is 9. The number of esters is 1. The number of hydrogen-bond acceptors (Lipinski definition) is 7. The summed E-state index contributed by atoms with van der Waals surface area (Å²) in [7, 11) is 1.31. The SMILES string of the molecule is CCOc1ccccc1[C@@H]1C(C#N)=C(SCC(=O)Nc2ccccc2CC)NC(C)=C1C(=O)OC. The summed E-state index contributed by atoms with van der Waals surface area (Å²) in [6.45, 7) is 6.10. The molecule has 1 aliphatic heterocycles. The predicted octanol–water partition coefficient (Wildman–Crippen LogP) is 4.89. The Kier molecular flexibility index (Phi) is 8.98. The van der Waals surface area contributed by atoms with Gasteiger partial charge in [-0.05, 0) is 38.0 Å². The summed E-state index contributed by atoms with van der Waals surface area (Å²) in [5, 5.41) is 16.8. The van der Waals surface area contributed by atoms with E-state index in [2.05, 4.69) is 16.7 Å². The maximum absolute atomic E-state index is 12.8. The van der Waals surface area contributed by atoms with Crippen LogP contribution < -0.4 is 15.4 Å². The molecule has 8 heteroatoms. The average Bonchev–Trinajstić information content (AvgIpc) is 2.87. The fourth-order valence-corrected chi connectivity index (χ4v) is 4.89. The van der Waals surface area contributed by atoms with E-state index in [1.807, 2.05) is 62.4 Å². The third-order valence-corrected chi connectivity index (χ3v) is 6.62. The van der Waals surface area contributed by atoms with Crippen LogP contribution in [-0.4, -0.2) is 31.3 Å². The summed E-state index contributed by atoms with van der Waals surface area (Å²) in [4.78, 5) is 25.5. The Morgan fingerprint density at radius 2 is 1.86 bits per heavy atom. The van der Waals surface area contributed by atoms with Crippen molar-refractivity contribution in [2.75, 3.05) is 24.8 Å². The number of amides is 1. The van der Waals surface area contributed by atoms with Gasteiger partial charge in [-0.1, -0.05) is 55.1 Å². The molecule has 35 heavy (non-hydrogen) atoms. The number of para-hydroxylation sites is 2. The molecule has 2 N–H and O–H groups in total. The molecule has 0 unspecified atom stereocenters. The zero-order chi connectivity index (χ0) is 25.4. The van der Waals surface area contributed by atoms with Gasteiger partial charge in [0.05, 0.1) is 47.6 Å². The maximum Gasteiger partial charge on any atom is 0.336 e. The van der Waals surface area contributed by atoms with Gasteiger partial charge in [0, 0.05) is 16.9 Å². The Morgan fingerprint density at radius 1 is 1.14 bits per heavy atom. The highest BCUT2D eigenvalue weighted by molar-refractivity contribution is 8.03. The third kappa shape index (κ3) is 5.87. The number of thioether (sulfide) groups is 1. The number of dihydropyridines is 1. The van der Waals surface area contributed by atoms with Crippen LogP contribution in [-0.2, 0) is 20.7 Å². The molecule has 1 amide bonds. The van der Waals surface area contributed by atoms with Gasteiger partial charge in [-0.25, -0.2) is 4.79 Å². The van der Waals surface area contributed by atoms with Crippen molar-refractivity contribution in [1.29, 1.82) is 5.26 Å². The minimum atomic E-state index is -0.692. The summed E-state index contributed by atoms with van der Waals surface area (Å²) < 4.78 is 10.8. The molecule has 2 aromatic rings. The molecule has 0 spiro atoms. The lowest BCUT2D eigenvalue weighted by atomic mass is 9.82. The molecular weight excluding hydrogens is 462 g/mol. The predicted molar refractivity (Wildman–Crippen MR) is 138 cm³/mol. The fraction of sp³-hybridized carbons (Fsp3) is 0.296. The lowest BCUT2D eigenvalue weighted by molar-refractivity contribution is -0.136. The van der Waals surface area contributed by atoms with Gasteiger partial charge in [0.15, 0.2) is 0 Å². The molecule has 0 saturated heterocycles. The van der Waals surface area contributed by atoms with Crippen LogP contribution in [0.2, 0.25) is 0 Å². The summed E-state index contributed by atoms with van der Waals surface area (Å²) >= 11 is 1.22. The largest absolute Gasteiger partial charge is 0.494 e. The Labute approximate surface area is 210 Å². The molecule has 3 rings (SSSR count). The molecule has 1 heterocycles. The first-order valence-electron chi connectivity index (χ1n) is 11.4. The molecule has 0 aliphatic carbocycles. The Balaban J connectivity index is 1.95. The van der Waals surface area contributed by atoms with Crippen molar-refractivity contribution in [3.63, 3.8) is 0 Å². The van der Waals surface area contributed by atoms with E-state index in [9.17, 15) is 14.9 Å². The van der Waals surface area contributed by atoms with Crippen LogP contribution in [0, 0.1) is 11.3 Å². The van der Waals surface area contributed by atoms with Crippen LogP contribution in [0.3, 0.4) is 0 Å². The topological polar surface area (TPSA) is 100 Å². The number of carbonyl (C=O) groups is 2. The highest BCUT2D eigenvalue weighted by Crippen LogP contribution is 2.44. The van der Waals surface area contributed by atoms with Crippen molar-refractivity contribution in [3.05, 3.63) is 81.5 Å². The van der Waals surface area contributed by atoms with E-state index in [0.717, 1.165) is 17.7 Å². The van der Waals surface area contributed by atoms with Crippen molar-refractivity contribution in [3.8, 4) is 11.8 Å². The van der Waals surface area contributed by atoms with Crippen molar-refractivity contribution in [2.24, 2.45) is 0 Å². The standard InChI is InChI=1S/C27H29N3O4S/c1-5-18-11-7-9-13-21(18)30-23(31)16-35-26-20(15-28)25(24(17(3)29-26)27(32)33-4)19-12-8-10-14-22(19)34-6-2/h7-14,25,29H,5-6,16H2,1-4H3,(H,30,31)/t25-/m1/s1. The normalized spacial score (nSPS) is 15.2. The number of aryl methyl sites for hydroxylation is 1. The molecule has 1 atom stereocenters. The Hall–Kier alpha value is -3.70. The highest BCUT2D eigenvalue weighted by Gasteiger charge is 2.37. The van der Waals surface area contributed by atoms with E-state index in [1.165, 1.54) is 18.9 Å². The first-order chi connectivity index (χ1) is 16.9. The molecule has 182 valence electrons. The van der Waals surface area contributed by atoms with Crippen LogP contribution in [0.4, 0.5) is 5.69 Å². The average molecular weight is 492 g/mol. The molecule has 1 aliphatic rings. The van der Waals surface area contributed by atoms with E-state index >= 15 is 0 Å². The van der Waals surface area contributed by atoms with Crippen LogP contribution in [0.5, 0.6) is 5.75 Å². The number of carbonyl (C=O) groups excluding carboxylic acids is 2. The Morgan fingerprint density at radius 3 is 2.54 bits per heavy atom. The highest BCUT2D eigenvalue weighted by atomic mass is 32.2. The summed E-state index contributed by atoms with van der Waals surface area (Å²) in [6.07, 6.45) is 0.802. The van der Waals surface area contributed by atoms with Crippen LogP contribution >= 0.6 is 11.8 Å². The molecule has 0 saturated carbocycles. The lowest BCUT2D eigenvalue weighted by Gasteiger charge is -2.30. The van der Waals surface area contributed by atoms with Gasteiger partial charge in [0.2, 0.25) is 5.91 Å². The molecule has 0 radical (unpaired) electrons. The second-order valence-electron chi connectivity index (χ2n) is 7.76. The van der Waals surface area contributed by atoms with E-state index in [1.54, 1.807) is 6.92 Å². The smallest absolute Gasteiger partial charge is 0.336 e. The van der Waals surface area contributed by atoms with Gasteiger partial charge in [-0.2, -0.15) is 5.26 Å². The Bertz CT molecular complexity index is 1210. The van der Waals surface area contributed by atoms with Gasteiger partial charge < -0.3 is 20.1 Å². The first kappa shape index (κ1) is 25.9. The third-order valence-electron chi connectivity index (χ3n) is 5.60. The number of methoxy groups -OCH3 is 1. The molecule has 7 nitrogen and oxygen atoms in total. The zero-order valence-corrected chi connectivity index (χ0v) is 21.1. The molecule has 0 fully saturated rings. The van der Waals surface area contributed by atoms with Gasteiger partial charge in [-0.3, -0.25) is 4.79 Å². The van der Waals surface area contributed by atoms with Crippen molar-refractivity contribution < 1.29 is 19.1 Å². The van der Waals surface area contributed by atoms with Crippen molar-refractivity contribution >= 4 is 29.3 Å². The number of anilines is 1. The second kappa shape index (κ2) is 12.1. The van der Waals surface area contributed by atoms with Gasteiger partial charge in [0.25, 0.3) is 0 Å². The number of nitrogens with one attached hydrogen (secondary N) is 2. The fourth-order valence-electron chi connectivity index (χ4n) is 4.00. The monoisotopic (exact) mass is 491 g/mol. The van der Waals surface area contributed by atoms with Gasteiger partial charge in [0.1, 0.15) is 5.75 Å². The quantitative estimate of drug-likeness (QED) is 0.482. The minimum Gasteiger partial charge on any atom is -0.494 e. The number of hydrogen-bond donors (Lipinski definition) is 2. The van der Waals surface area contributed by atoms with Crippen LogP contribution in [0.25, 0.3) is 0 Å². The summed E-state index contributed by atoms with van der Waals surface area (Å²) in [5.74, 6) is -0.734. The molecule has 0 bridgehead atoms. The number of nitrogens with zero attached hydrogens (tertiary/aromatic N) is 1. The van der Waals surface area contributed by atoms with E-state index in [4.69, 9.17) is 9.47 Å². The van der Waals surface area contributed by atoms with Gasteiger partial charge in [-0.15, -0.1) is 0 Å². The van der Waals surface area contributed by atoms with Gasteiger partial charge >= 0.3 is 5.97 Å². The van der Waals surface area contributed by atoms with Crippen molar-refractivity contribution in [2.45, 2.75) is 33.1 Å². The number of benzene rings is 2. The minimum absolute atomic E-state index is 0.0895. The molecule has 0 aromatic heterocycles. The van der Waals surface area contributed by atoms with E-state index in [-0.39, 0.29) is 11.7 Å². The van der Waals surface area contributed by atoms with Crippen molar-refractivity contribution in [1.82, 2.24) is 5.32 Å². The van der Waals surface area contributed by atoms with E-state index < -0.39 is 11.9 Å². The zero-order valence-electron chi connectivity index (χ0n) is 20.3. The van der Waals surface area contributed by atoms with E-state index in [0.29, 0.717) is 39.8 Å². The number of ether oxygens (including phenoxy) is 2. The maximum atomic E-state index is 12.8. The second-order valence-corrected chi connectivity index (χ2v) is 8.75. The van der Waals surface area contributed by atoms with Crippen LogP contribution in [0.15, 0.2) is 70.4 Å². The molecule has 2 aromatic carbocycles. The lowest BCUT2D eigenvalue weighted by Crippen LogP contribution is -2.29. The number of allylic oxidation sites excluding steroid dienone is 2. The number of nitriles is 1.